The van der Waals surface area contributed by atoms with E-state index in [0.717, 1.165) is 18.4 Å². The average Bonchev–Trinajstić information content (AvgIpc) is 2.65. The summed E-state index contributed by atoms with van der Waals surface area (Å²) in [6.45, 7) is 3.59. The van der Waals surface area contributed by atoms with Crippen molar-refractivity contribution in [2.75, 3.05) is 0 Å². The van der Waals surface area contributed by atoms with E-state index in [2.05, 4.69) is 0 Å². The van der Waals surface area contributed by atoms with Gasteiger partial charge in [0.1, 0.15) is 5.60 Å². The highest BCUT2D eigenvalue weighted by atomic mass is 16.5. The van der Waals surface area contributed by atoms with Crippen molar-refractivity contribution in [1.82, 2.24) is 0 Å². The fourth-order valence-electron chi connectivity index (χ4n) is 3.13. The van der Waals surface area contributed by atoms with E-state index < -0.39 is 5.60 Å². The molecule has 0 aromatic heterocycles. The summed E-state index contributed by atoms with van der Waals surface area (Å²) in [7, 11) is 0. The van der Waals surface area contributed by atoms with Crippen molar-refractivity contribution in [2.45, 2.75) is 83.5 Å². The lowest BCUT2D eigenvalue weighted by atomic mass is 9.96. The molecule has 0 unspecified atom stereocenters. The van der Waals surface area contributed by atoms with Gasteiger partial charge < -0.3 is 9.84 Å². The molecule has 1 aromatic carbocycles. The fourth-order valence-corrected chi connectivity index (χ4v) is 3.13. The van der Waals surface area contributed by atoms with E-state index in [-0.39, 0.29) is 5.78 Å². The Labute approximate surface area is 140 Å². The van der Waals surface area contributed by atoms with Gasteiger partial charge in [-0.15, -0.1) is 0 Å². The van der Waals surface area contributed by atoms with Gasteiger partial charge >= 0.3 is 0 Å². The van der Waals surface area contributed by atoms with E-state index in [1.54, 1.807) is 6.07 Å². The SMILES string of the molecule is CC(C)(O)C(=O)c1cccc(COC2CCCCCCCC2)c1. The van der Waals surface area contributed by atoms with Crippen LogP contribution in [0.1, 0.15) is 81.1 Å². The van der Waals surface area contributed by atoms with Crippen LogP contribution in [0.25, 0.3) is 0 Å². The van der Waals surface area contributed by atoms with E-state index in [9.17, 15) is 9.90 Å². The van der Waals surface area contributed by atoms with Gasteiger partial charge in [-0.1, -0.05) is 56.7 Å². The van der Waals surface area contributed by atoms with Crippen molar-refractivity contribution < 1.29 is 14.6 Å². The summed E-state index contributed by atoms with van der Waals surface area (Å²) in [5, 5.41) is 9.87. The summed E-state index contributed by atoms with van der Waals surface area (Å²) >= 11 is 0. The Kier molecular flexibility index (Phi) is 6.79. The smallest absolute Gasteiger partial charge is 0.193 e. The quantitative estimate of drug-likeness (QED) is 0.803. The molecule has 3 heteroatoms. The molecule has 0 bridgehead atoms. The van der Waals surface area contributed by atoms with Crippen LogP contribution >= 0.6 is 0 Å². The number of aliphatic hydroxyl groups is 1. The number of ether oxygens (including phenoxy) is 1. The van der Waals surface area contributed by atoms with Gasteiger partial charge in [-0.3, -0.25) is 4.79 Å². The minimum absolute atomic E-state index is 0.248. The lowest BCUT2D eigenvalue weighted by Gasteiger charge is -2.18. The third-order valence-corrected chi connectivity index (χ3v) is 4.53. The molecule has 1 aliphatic rings. The number of rotatable bonds is 5. The Bertz CT molecular complexity index is 492. The first kappa shape index (κ1) is 18.2. The molecule has 1 saturated carbocycles. The number of hydrogen-bond donors (Lipinski definition) is 1. The maximum atomic E-state index is 12.2. The van der Waals surface area contributed by atoms with Gasteiger partial charge in [-0.2, -0.15) is 0 Å². The van der Waals surface area contributed by atoms with Crippen LogP contribution in [0.2, 0.25) is 0 Å². The number of Topliss-reactive ketones (excluding diaryl/α,β-unsaturated/α-hetero) is 1. The first-order valence-corrected chi connectivity index (χ1v) is 8.94. The largest absolute Gasteiger partial charge is 0.382 e. The first-order valence-electron chi connectivity index (χ1n) is 8.94. The normalized spacial score (nSPS) is 18.0. The van der Waals surface area contributed by atoms with Gasteiger partial charge in [0.2, 0.25) is 0 Å². The van der Waals surface area contributed by atoms with Gasteiger partial charge in [0.25, 0.3) is 0 Å². The van der Waals surface area contributed by atoms with Crippen LogP contribution in [0.15, 0.2) is 24.3 Å². The molecular weight excluding hydrogens is 288 g/mol. The number of benzene rings is 1. The summed E-state index contributed by atoms with van der Waals surface area (Å²) < 4.78 is 6.11. The summed E-state index contributed by atoms with van der Waals surface area (Å²) in [6.07, 6.45) is 10.5. The molecule has 1 aliphatic carbocycles. The molecule has 0 saturated heterocycles. The Hall–Kier alpha value is -1.19. The van der Waals surface area contributed by atoms with Crippen molar-refractivity contribution in [3.05, 3.63) is 35.4 Å². The highest BCUT2D eigenvalue weighted by Gasteiger charge is 2.25. The third-order valence-electron chi connectivity index (χ3n) is 4.53. The van der Waals surface area contributed by atoms with Crippen LogP contribution in [0.3, 0.4) is 0 Å². The zero-order valence-electron chi connectivity index (χ0n) is 14.5. The second-order valence-electron chi connectivity index (χ2n) is 7.22. The highest BCUT2D eigenvalue weighted by molar-refractivity contribution is 6.01. The summed E-state index contributed by atoms with van der Waals surface area (Å²) in [6, 6.07) is 7.44. The molecule has 1 fully saturated rings. The predicted octanol–water partition coefficient (Wildman–Crippen LogP) is 4.66. The summed E-state index contributed by atoms with van der Waals surface area (Å²) in [5.74, 6) is -0.248. The third kappa shape index (κ3) is 6.08. The number of ketones is 1. The van der Waals surface area contributed by atoms with Gasteiger partial charge in [-0.05, 0) is 38.3 Å². The van der Waals surface area contributed by atoms with E-state index in [4.69, 9.17) is 4.74 Å². The second-order valence-corrected chi connectivity index (χ2v) is 7.22. The van der Waals surface area contributed by atoms with Crippen LogP contribution in [0, 0.1) is 0 Å². The maximum absolute atomic E-state index is 12.2. The minimum Gasteiger partial charge on any atom is -0.382 e. The average molecular weight is 318 g/mol. The Morgan fingerprint density at radius 2 is 1.74 bits per heavy atom. The van der Waals surface area contributed by atoms with Gasteiger partial charge in [0.15, 0.2) is 5.78 Å². The molecule has 0 atom stereocenters. The predicted molar refractivity (Wildman–Crippen MR) is 92.6 cm³/mol. The van der Waals surface area contributed by atoms with Crippen LogP contribution in [-0.4, -0.2) is 22.6 Å². The van der Waals surface area contributed by atoms with E-state index in [1.165, 1.54) is 52.4 Å². The van der Waals surface area contributed by atoms with E-state index in [0.29, 0.717) is 18.3 Å². The van der Waals surface area contributed by atoms with Crippen molar-refractivity contribution in [3.8, 4) is 0 Å². The summed E-state index contributed by atoms with van der Waals surface area (Å²) in [5.41, 5.74) is 0.213. The molecule has 0 heterocycles. The van der Waals surface area contributed by atoms with E-state index in [1.807, 2.05) is 18.2 Å². The van der Waals surface area contributed by atoms with Crippen LogP contribution in [0.4, 0.5) is 0 Å². The number of carbonyl (C=O) groups is 1. The molecule has 0 spiro atoms. The standard InChI is InChI=1S/C20H30O3/c1-20(2,22)19(21)17-11-9-10-16(14-17)15-23-18-12-7-5-3-4-6-8-13-18/h9-11,14,18,22H,3-8,12-13,15H2,1-2H3. The van der Waals surface area contributed by atoms with Crippen molar-refractivity contribution in [2.24, 2.45) is 0 Å². The molecule has 23 heavy (non-hydrogen) atoms. The minimum atomic E-state index is -1.34. The topological polar surface area (TPSA) is 46.5 Å². The molecule has 0 amide bonds. The van der Waals surface area contributed by atoms with Crippen molar-refractivity contribution in [3.63, 3.8) is 0 Å². The number of carbonyl (C=O) groups excluding carboxylic acids is 1. The second kappa shape index (κ2) is 8.60. The lowest BCUT2D eigenvalue weighted by Crippen LogP contribution is -2.31. The first-order chi connectivity index (χ1) is 11.0. The molecule has 3 nitrogen and oxygen atoms in total. The zero-order valence-corrected chi connectivity index (χ0v) is 14.5. The molecule has 1 N–H and O–H groups in total. The molecule has 1 aromatic rings. The van der Waals surface area contributed by atoms with Crippen molar-refractivity contribution >= 4 is 5.78 Å². The molecular formula is C20H30O3. The monoisotopic (exact) mass is 318 g/mol. The zero-order chi connectivity index (χ0) is 16.7. The molecule has 128 valence electrons. The highest BCUT2D eigenvalue weighted by Crippen LogP contribution is 2.21. The molecule has 0 radical (unpaired) electrons. The van der Waals surface area contributed by atoms with Crippen LogP contribution in [-0.2, 0) is 11.3 Å². The summed E-state index contributed by atoms with van der Waals surface area (Å²) in [4.78, 5) is 12.2. The van der Waals surface area contributed by atoms with Gasteiger partial charge in [-0.25, -0.2) is 0 Å². The van der Waals surface area contributed by atoms with Crippen molar-refractivity contribution in [1.29, 1.82) is 0 Å². The maximum Gasteiger partial charge on any atom is 0.193 e. The Balaban J connectivity index is 1.93. The lowest BCUT2D eigenvalue weighted by molar-refractivity contribution is 0.0272. The van der Waals surface area contributed by atoms with Crippen LogP contribution in [0.5, 0.6) is 0 Å². The van der Waals surface area contributed by atoms with Gasteiger partial charge in [0.05, 0.1) is 12.7 Å². The Morgan fingerprint density at radius 1 is 1.13 bits per heavy atom. The molecule has 2 rings (SSSR count). The number of hydrogen-bond acceptors (Lipinski definition) is 3. The van der Waals surface area contributed by atoms with Gasteiger partial charge in [0, 0.05) is 5.56 Å². The van der Waals surface area contributed by atoms with Crippen LogP contribution < -0.4 is 0 Å². The fraction of sp³-hybridized carbons (Fsp3) is 0.650. The Morgan fingerprint density at radius 3 is 2.35 bits per heavy atom. The molecule has 0 aliphatic heterocycles. The van der Waals surface area contributed by atoms with E-state index >= 15 is 0 Å².